The third-order valence-corrected chi connectivity index (χ3v) is 4.41. The number of nitrogens with zero attached hydrogens (tertiary/aromatic N) is 5. The lowest BCUT2D eigenvalue weighted by Gasteiger charge is -2.05. The van der Waals surface area contributed by atoms with Gasteiger partial charge in [0.25, 0.3) is 5.56 Å². The number of rotatable bonds is 5. The van der Waals surface area contributed by atoms with Crippen molar-refractivity contribution in [3.8, 4) is 5.69 Å². The molecule has 0 saturated heterocycles. The minimum Gasteiger partial charge on any atom is -0.308 e. The van der Waals surface area contributed by atoms with Crippen molar-refractivity contribution in [1.82, 2.24) is 29.3 Å². The van der Waals surface area contributed by atoms with Crippen LogP contribution >= 0.6 is 0 Å². The number of imidazole rings is 1. The molecular weight excluding hydrogens is 328 g/mol. The molecule has 26 heavy (non-hydrogen) atoms. The van der Waals surface area contributed by atoms with E-state index < -0.39 is 0 Å². The first-order chi connectivity index (χ1) is 12.7. The quantitative estimate of drug-likeness (QED) is 0.600. The molecule has 0 radical (unpaired) electrons. The molecule has 4 rings (SSSR count). The van der Waals surface area contributed by atoms with E-state index in [-0.39, 0.29) is 5.56 Å². The number of aromatic nitrogens is 6. The third kappa shape index (κ3) is 2.92. The molecule has 0 unspecified atom stereocenters. The fourth-order valence-electron chi connectivity index (χ4n) is 3.17. The average Bonchev–Trinajstić information content (AvgIpc) is 3.25. The molecule has 0 bridgehead atoms. The fraction of sp³-hybridized carbons (Fsp3) is 0.263. The minimum absolute atomic E-state index is 0.141. The molecule has 1 N–H and O–H groups in total. The van der Waals surface area contributed by atoms with Crippen LogP contribution in [0.3, 0.4) is 0 Å². The normalized spacial score (nSPS) is 11.3. The van der Waals surface area contributed by atoms with Crippen LogP contribution in [0.2, 0.25) is 0 Å². The van der Waals surface area contributed by atoms with Gasteiger partial charge in [0.15, 0.2) is 5.52 Å². The lowest BCUT2D eigenvalue weighted by molar-refractivity contribution is 0.750. The topological polar surface area (TPSA) is 81.4 Å². The van der Waals surface area contributed by atoms with Crippen molar-refractivity contribution in [2.75, 3.05) is 0 Å². The predicted octanol–water partition coefficient (Wildman–Crippen LogP) is 2.39. The molecular formula is C19H20N6O. The van der Waals surface area contributed by atoms with Gasteiger partial charge in [-0.05, 0) is 24.1 Å². The number of aromatic amines is 1. The lowest BCUT2D eigenvalue weighted by atomic mass is 10.1. The molecule has 1 aromatic carbocycles. The van der Waals surface area contributed by atoms with Crippen LogP contribution in [0.4, 0.5) is 0 Å². The maximum absolute atomic E-state index is 12.5. The van der Waals surface area contributed by atoms with E-state index in [9.17, 15) is 4.79 Å². The van der Waals surface area contributed by atoms with Gasteiger partial charge in [-0.15, -0.1) is 0 Å². The van der Waals surface area contributed by atoms with Gasteiger partial charge in [-0.3, -0.25) is 9.48 Å². The molecule has 0 amide bonds. The SMILES string of the molecule is CCCc1nn(C)c2c(=O)[nH]c(Cc3ccc(-n4ccnc4)cc3)nc12. The zero-order chi connectivity index (χ0) is 18.1. The second kappa shape index (κ2) is 6.59. The fourth-order valence-corrected chi connectivity index (χ4v) is 3.17. The van der Waals surface area contributed by atoms with Crippen molar-refractivity contribution in [2.24, 2.45) is 7.05 Å². The van der Waals surface area contributed by atoms with Crippen LogP contribution in [-0.4, -0.2) is 29.3 Å². The molecule has 0 saturated carbocycles. The number of hydrogen-bond acceptors (Lipinski definition) is 4. The molecule has 0 aliphatic carbocycles. The van der Waals surface area contributed by atoms with Crippen LogP contribution in [0.5, 0.6) is 0 Å². The minimum atomic E-state index is -0.141. The maximum atomic E-state index is 12.5. The van der Waals surface area contributed by atoms with E-state index in [0.717, 1.165) is 29.8 Å². The number of fused-ring (bicyclic) bond motifs is 1. The summed E-state index contributed by atoms with van der Waals surface area (Å²) in [6.45, 7) is 2.09. The Kier molecular flexibility index (Phi) is 4.12. The highest BCUT2D eigenvalue weighted by molar-refractivity contribution is 5.76. The van der Waals surface area contributed by atoms with Gasteiger partial charge in [0.05, 0.1) is 12.0 Å². The van der Waals surface area contributed by atoms with Crippen LogP contribution in [0.1, 0.15) is 30.4 Å². The van der Waals surface area contributed by atoms with Crippen molar-refractivity contribution in [1.29, 1.82) is 0 Å². The van der Waals surface area contributed by atoms with Gasteiger partial charge < -0.3 is 9.55 Å². The van der Waals surface area contributed by atoms with Gasteiger partial charge in [-0.1, -0.05) is 25.5 Å². The van der Waals surface area contributed by atoms with E-state index in [1.54, 1.807) is 24.3 Å². The van der Waals surface area contributed by atoms with Gasteiger partial charge >= 0.3 is 0 Å². The highest BCUT2D eigenvalue weighted by Crippen LogP contribution is 2.16. The number of hydrogen-bond donors (Lipinski definition) is 1. The van der Waals surface area contributed by atoms with E-state index in [4.69, 9.17) is 0 Å². The summed E-state index contributed by atoms with van der Waals surface area (Å²) in [6, 6.07) is 8.13. The van der Waals surface area contributed by atoms with Crippen LogP contribution < -0.4 is 5.56 Å². The summed E-state index contributed by atoms with van der Waals surface area (Å²) in [7, 11) is 1.78. The number of H-pyrrole nitrogens is 1. The lowest BCUT2D eigenvalue weighted by Crippen LogP contribution is -2.14. The average molecular weight is 348 g/mol. The Labute approximate surface area is 150 Å². The van der Waals surface area contributed by atoms with Gasteiger partial charge in [0, 0.05) is 31.5 Å². The first-order valence-electron chi connectivity index (χ1n) is 8.67. The predicted molar refractivity (Wildman–Crippen MR) is 99.5 cm³/mol. The van der Waals surface area contributed by atoms with E-state index in [1.165, 1.54) is 0 Å². The summed E-state index contributed by atoms with van der Waals surface area (Å²) in [5, 5.41) is 4.45. The zero-order valence-electron chi connectivity index (χ0n) is 14.8. The summed E-state index contributed by atoms with van der Waals surface area (Å²) in [5.74, 6) is 0.656. The molecule has 0 aliphatic heterocycles. The third-order valence-electron chi connectivity index (χ3n) is 4.41. The molecule has 3 aromatic heterocycles. The summed E-state index contributed by atoms with van der Waals surface area (Å²) < 4.78 is 3.57. The largest absolute Gasteiger partial charge is 0.308 e. The smallest absolute Gasteiger partial charge is 0.277 e. The molecule has 7 nitrogen and oxygen atoms in total. The van der Waals surface area contributed by atoms with Crippen LogP contribution in [-0.2, 0) is 19.9 Å². The molecule has 7 heteroatoms. The van der Waals surface area contributed by atoms with Gasteiger partial charge in [-0.25, -0.2) is 9.97 Å². The van der Waals surface area contributed by atoms with Crippen molar-refractivity contribution in [2.45, 2.75) is 26.2 Å². The van der Waals surface area contributed by atoms with E-state index in [0.29, 0.717) is 23.3 Å². The summed E-state index contributed by atoms with van der Waals surface area (Å²) >= 11 is 0. The van der Waals surface area contributed by atoms with Crippen molar-refractivity contribution in [3.63, 3.8) is 0 Å². The van der Waals surface area contributed by atoms with Crippen molar-refractivity contribution in [3.05, 3.63) is 70.4 Å². The van der Waals surface area contributed by atoms with Crippen LogP contribution in [0, 0.1) is 0 Å². The second-order valence-corrected chi connectivity index (χ2v) is 6.34. The van der Waals surface area contributed by atoms with E-state index >= 15 is 0 Å². The molecule has 3 heterocycles. The zero-order valence-corrected chi connectivity index (χ0v) is 14.8. The molecule has 0 aliphatic rings. The Hall–Kier alpha value is -3.22. The Morgan fingerprint density at radius 2 is 2.00 bits per heavy atom. The first kappa shape index (κ1) is 16.3. The Balaban J connectivity index is 1.66. The Morgan fingerprint density at radius 1 is 1.19 bits per heavy atom. The monoisotopic (exact) mass is 348 g/mol. The molecule has 0 atom stereocenters. The van der Waals surface area contributed by atoms with E-state index in [1.807, 2.05) is 35.0 Å². The van der Waals surface area contributed by atoms with Gasteiger partial charge in [0.1, 0.15) is 11.3 Å². The van der Waals surface area contributed by atoms with Gasteiger partial charge in [-0.2, -0.15) is 5.10 Å². The Bertz CT molecular complexity index is 1090. The highest BCUT2D eigenvalue weighted by Gasteiger charge is 2.14. The molecule has 0 spiro atoms. The van der Waals surface area contributed by atoms with Crippen molar-refractivity contribution < 1.29 is 0 Å². The van der Waals surface area contributed by atoms with Gasteiger partial charge in [0.2, 0.25) is 0 Å². The van der Waals surface area contributed by atoms with Crippen molar-refractivity contribution >= 4 is 11.0 Å². The Morgan fingerprint density at radius 3 is 2.69 bits per heavy atom. The molecule has 132 valence electrons. The maximum Gasteiger partial charge on any atom is 0.277 e. The highest BCUT2D eigenvalue weighted by atomic mass is 16.1. The molecule has 4 aromatic rings. The number of benzene rings is 1. The second-order valence-electron chi connectivity index (χ2n) is 6.34. The number of nitrogens with one attached hydrogen (secondary N) is 1. The van der Waals surface area contributed by atoms with E-state index in [2.05, 4.69) is 27.0 Å². The first-order valence-corrected chi connectivity index (χ1v) is 8.67. The molecule has 0 fully saturated rings. The summed E-state index contributed by atoms with van der Waals surface area (Å²) in [4.78, 5) is 24.1. The summed E-state index contributed by atoms with van der Waals surface area (Å²) in [5.41, 5.74) is 4.11. The van der Waals surface area contributed by atoms with Crippen LogP contribution in [0.25, 0.3) is 16.7 Å². The summed E-state index contributed by atoms with van der Waals surface area (Å²) in [6.07, 6.45) is 7.76. The standard InChI is InChI=1S/C19H20N6O/c1-3-4-15-17-18(24(2)23-15)19(26)22-16(21-17)11-13-5-7-14(8-6-13)25-10-9-20-12-25/h5-10,12H,3-4,11H2,1-2H3,(H,21,22,26). The number of aryl methyl sites for hydroxylation is 2. The van der Waals surface area contributed by atoms with Crippen LogP contribution in [0.15, 0.2) is 47.8 Å².